The monoisotopic (exact) mass is 680 g/mol. The van der Waals surface area contributed by atoms with Crippen LogP contribution < -0.4 is 0 Å². The first-order valence-electron chi connectivity index (χ1n) is 11.6. The standard InChI is InChI=1S/C20H28N2O16S4/c1-5-9(23)35-17(21)13(15(41(29,30)31)19(27)37-11(25)7-3)39-40-14(18(22)36-10(24)6-2)16(42(32,33)34)20(28)38-12(26)8-4/h13-16,21-22H,5-8H2,1-4H3,(H,29,30,31)(H,32,33,34). The Kier molecular flexibility index (Phi) is 16.1. The molecule has 0 aliphatic carbocycles. The highest BCUT2D eigenvalue weighted by molar-refractivity contribution is 8.77. The van der Waals surface area contributed by atoms with Crippen LogP contribution in [0.1, 0.15) is 53.4 Å². The molecular formula is C20H28N2O16S4. The van der Waals surface area contributed by atoms with Crippen molar-refractivity contribution in [3.63, 3.8) is 0 Å². The third-order valence-corrected chi connectivity index (χ3v) is 10.1. The molecule has 0 aromatic carbocycles. The maximum absolute atomic E-state index is 12.6. The lowest BCUT2D eigenvalue weighted by atomic mass is 10.3. The number of rotatable bonds is 15. The molecule has 0 aromatic rings. The molecule has 0 saturated carbocycles. The van der Waals surface area contributed by atoms with Gasteiger partial charge in [0.1, 0.15) is 10.5 Å². The Labute approximate surface area is 247 Å². The van der Waals surface area contributed by atoms with E-state index in [9.17, 15) is 54.7 Å². The summed E-state index contributed by atoms with van der Waals surface area (Å²) in [5, 5.41) is 5.57. The average molecular weight is 681 g/mol. The summed E-state index contributed by atoms with van der Waals surface area (Å²) in [7, 11) is -11.4. The first-order valence-corrected chi connectivity index (χ1v) is 16.8. The Morgan fingerprint density at radius 2 is 0.810 bits per heavy atom. The average Bonchev–Trinajstić information content (AvgIpc) is 2.87. The number of ether oxygens (including phenoxy) is 4. The molecule has 0 aliphatic rings. The van der Waals surface area contributed by atoms with Crippen LogP contribution in [0.2, 0.25) is 0 Å². The van der Waals surface area contributed by atoms with Gasteiger partial charge in [-0.15, -0.1) is 0 Å². The second-order valence-electron chi connectivity index (χ2n) is 7.58. The van der Waals surface area contributed by atoms with E-state index in [1.54, 1.807) is 0 Å². The third-order valence-electron chi connectivity index (χ3n) is 4.47. The Balaban J connectivity index is 6.99. The molecule has 0 aliphatic heterocycles. The number of esters is 6. The van der Waals surface area contributed by atoms with Crippen LogP contribution >= 0.6 is 21.6 Å². The molecule has 0 spiro atoms. The fourth-order valence-corrected chi connectivity index (χ4v) is 8.27. The van der Waals surface area contributed by atoms with Crippen LogP contribution in [-0.4, -0.2) is 94.6 Å². The first-order chi connectivity index (χ1) is 19.2. The molecule has 0 amide bonds. The van der Waals surface area contributed by atoms with Crippen molar-refractivity contribution in [1.29, 1.82) is 10.8 Å². The van der Waals surface area contributed by atoms with Crippen LogP contribution in [0, 0.1) is 10.8 Å². The van der Waals surface area contributed by atoms with E-state index in [2.05, 4.69) is 18.9 Å². The van der Waals surface area contributed by atoms with Gasteiger partial charge in [0.15, 0.2) is 0 Å². The van der Waals surface area contributed by atoms with Gasteiger partial charge in [0.05, 0.1) is 0 Å². The molecule has 18 nitrogen and oxygen atoms in total. The van der Waals surface area contributed by atoms with Crippen LogP contribution in [0.3, 0.4) is 0 Å². The molecule has 4 atom stereocenters. The van der Waals surface area contributed by atoms with Gasteiger partial charge in [-0.05, 0) is 0 Å². The van der Waals surface area contributed by atoms with Crippen LogP contribution in [-0.2, 0) is 68.0 Å². The molecule has 238 valence electrons. The van der Waals surface area contributed by atoms with Crippen LogP contribution in [0.15, 0.2) is 0 Å². The van der Waals surface area contributed by atoms with Crippen molar-refractivity contribution in [3.8, 4) is 0 Å². The quantitative estimate of drug-likeness (QED) is 0.0347. The fourth-order valence-electron chi connectivity index (χ4n) is 2.38. The van der Waals surface area contributed by atoms with E-state index in [0.29, 0.717) is 0 Å². The summed E-state index contributed by atoms with van der Waals surface area (Å²) in [6.45, 7) is 4.97. The van der Waals surface area contributed by atoms with Gasteiger partial charge in [0.25, 0.3) is 20.2 Å². The number of carbonyl (C=O) groups is 6. The number of nitrogens with one attached hydrogen (secondary N) is 2. The highest BCUT2D eigenvalue weighted by Gasteiger charge is 2.49. The van der Waals surface area contributed by atoms with Crippen molar-refractivity contribution in [2.75, 3.05) is 0 Å². The lowest BCUT2D eigenvalue weighted by Gasteiger charge is -2.26. The van der Waals surface area contributed by atoms with E-state index in [-0.39, 0.29) is 34.4 Å². The van der Waals surface area contributed by atoms with Gasteiger partial charge in [-0.25, -0.2) is 9.59 Å². The molecule has 0 aromatic heterocycles. The van der Waals surface area contributed by atoms with Crippen molar-refractivity contribution in [2.24, 2.45) is 0 Å². The molecule has 0 bridgehead atoms. The Bertz CT molecular complexity index is 1210. The van der Waals surface area contributed by atoms with Crippen molar-refractivity contribution in [3.05, 3.63) is 0 Å². The zero-order valence-corrected chi connectivity index (χ0v) is 25.6. The highest BCUT2D eigenvalue weighted by Crippen LogP contribution is 2.39. The van der Waals surface area contributed by atoms with E-state index < -0.39 is 102 Å². The minimum atomic E-state index is -5.62. The molecule has 42 heavy (non-hydrogen) atoms. The fraction of sp³-hybridized carbons (Fsp3) is 0.600. The predicted octanol–water partition coefficient (Wildman–Crippen LogP) is 0.438. The van der Waals surface area contributed by atoms with Gasteiger partial charge >= 0.3 is 35.8 Å². The van der Waals surface area contributed by atoms with Gasteiger partial charge in [0, 0.05) is 25.7 Å². The van der Waals surface area contributed by atoms with E-state index in [4.69, 9.17) is 10.8 Å². The van der Waals surface area contributed by atoms with Crippen molar-refractivity contribution >= 4 is 89.4 Å². The molecule has 0 heterocycles. The Morgan fingerprint density at radius 3 is 1.02 bits per heavy atom. The SMILES string of the molecule is CCC(=O)OC(=N)C(SSC(C(=N)OC(=O)CC)C(C(=O)OC(=O)CC)S(=O)(=O)O)C(C(=O)OC(=O)CC)S(=O)(=O)O. The largest absolute Gasteiger partial charge is 0.411 e. The van der Waals surface area contributed by atoms with Gasteiger partial charge in [-0.2, -0.15) is 16.8 Å². The van der Waals surface area contributed by atoms with E-state index in [1.807, 2.05) is 0 Å². The second-order valence-corrected chi connectivity index (χ2v) is 13.2. The molecule has 22 heteroatoms. The zero-order valence-electron chi connectivity index (χ0n) is 22.4. The van der Waals surface area contributed by atoms with Crippen LogP contribution in [0.25, 0.3) is 0 Å². The number of hydrogen-bond acceptors (Lipinski definition) is 18. The Hall–Kier alpha value is -2.92. The summed E-state index contributed by atoms with van der Waals surface area (Å²) in [4.78, 5) is 72.0. The van der Waals surface area contributed by atoms with E-state index >= 15 is 0 Å². The molecule has 0 fully saturated rings. The van der Waals surface area contributed by atoms with Crippen molar-refractivity contribution < 1.29 is 73.7 Å². The Morgan fingerprint density at radius 1 is 0.571 bits per heavy atom. The van der Waals surface area contributed by atoms with Gasteiger partial charge in [-0.1, -0.05) is 49.3 Å². The van der Waals surface area contributed by atoms with Crippen LogP contribution in [0.5, 0.6) is 0 Å². The molecule has 0 rings (SSSR count). The summed E-state index contributed by atoms with van der Waals surface area (Å²) in [6, 6.07) is 0. The first kappa shape index (κ1) is 39.1. The summed E-state index contributed by atoms with van der Waals surface area (Å²) >= 11 is 0. The number of hydrogen-bond donors (Lipinski definition) is 4. The molecule has 4 N–H and O–H groups in total. The number of carbonyl (C=O) groups excluding carboxylic acids is 6. The second kappa shape index (κ2) is 17.3. The minimum Gasteiger partial charge on any atom is -0.411 e. The van der Waals surface area contributed by atoms with Gasteiger partial charge < -0.3 is 18.9 Å². The molecular weight excluding hydrogens is 652 g/mol. The third kappa shape index (κ3) is 12.5. The highest BCUT2D eigenvalue weighted by atomic mass is 33.1. The van der Waals surface area contributed by atoms with Crippen molar-refractivity contribution in [1.82, 2.24) is 0 Å². The molecule has 4 unspecified atom stereocenters. The lowest BCUT2D eigenvalue weighted by Crippen LogP contribution is -2.47. The summed E-state index contributed by atoms with van der Waals surface area (Å²) in [5.74, 6) is -11.5. The summed E-state index contributed by atoms with van der Waals surface area (Å²) < 4.78 is 86.2. The zero-order chi connectivity index (χ0) is 33.0. The van der Waals surface area contributed by atoms with Crippen molar-refractivity contribution in [2.45, 2.75) is 74.4 Å². The van der Waals surface area contributed by atoms with E-state index in [1.165, 1.54) is 27.7 Å². The summed E-state index contributed by atoms with van der Waals surface area (Å²) in [5.41, 5.74) is 0. The maximum atomic E-state index is 12.6. The predicted molar refractivity (Wildman–Crippen MR) is 144 cm³/mol. The van der Waals surface area contributed by atoms with Gasteiger partial charge in [-0.3, -0.25) is 39.1 Å². The summed E-state index contributed by atoms with van der Waals surface area (Å²) in [6.07, 6.45) is -1.67. The topological polar surface area (TPSA) is 296 Å². The normalized spacial score (nSPS) is 14.3. The minimum absolute atomic E-state index is 0.0991. The van der Waals surface area contributed by atoms with Gasteiger partial charge in [0.2, 0.25) is 22.3 Å². The smallest absolute Gasteiger partial charge is 0.336 e. The molecule has 0 saturated heterocycles. The molecule has 0 radical (unpaired) electrons. The lowest BCUT2D eigenvalue weighted by molar-refractivity contribution is -0.160. The van der Waals surface area contributed by atoms with E-state index in [0.717, 1.165) is 0 Å². The maximum Gasteiger partial charge on any atom is 0.336 e. The van der Waals surface area contributed by atoms with Crippen LogP contribution in [0.4, 0.5) is 0 Å².